The second kappa shape index (κ2) is 7.35. The Morgan fingerprint density at radius 2 is 2.12 bits per heavy atom. The van der Waals surface area contributed by atoms with E-state index in [0.717, 1.165) is 19.3 Å². The van der Waals surface area contributed by atoms with Crippen LogP contribution in [-0.2, 0) is 9.47 Å². The quantitative estimate of drug-likeness (QED) is 0.316. The van der Waals surface area contributed by atoms with E-state index in [2.05, 4.69) is 36.4 Å². The Morgan fingerprint density at radius 3 is 2.75 bits per heavy atom. The second-order valence-electron chi connectivity index (χ2n) is 4.41. The number of halogens is 1. The molecule has 0 N–H and O–H groups in total. The summed E-state index contributed by atoms with van der Waals surface area (Å²) in [5.41, 5.74) is 0. The van der Waals surface area contributed by atoms with Gasteiger partial charge in [-0.15, -0.1) is 0 Å². The summed E-state index contributed by atoms with van der Waals surface area (Å²) in [7, 11) is 0. The Balaban J connectivity index is 2.27. The predicted molar refractivity (Wildman–Crippen MR) is 72.0 cm³/mol. The molecule has 0 unspecified atom stereocenters. The predicted octanol–water partition coefficient (Wildman–Crippen LogP) is 4.07. The highest BCUT2D eigenvalue weighted by molar-refractivity contribution is 14.1. The molecular weight excluding hydrogens is 319 g/mol. The van der Waals surface area contributed by atoms with Crippen molar-refractivity contribution < 1.29 is 14.3 Å². The van der Waals surface area contributed by atoms with Crippen molar-refractivity contribution in [3.05, 3.63) is 0 Å². The topological polar surface area (TPSA) is 35.5 Å². The number of hydrogen-bond donors (Lipinski definition) is 0. The minimum atomic E-state index is -0.486. The van der Waals surface area contributed by atoms with E-state index in [9.17, 15) is 4.79 Å². The third-order valence-corrected chi connectivity index (χ3v) is 3.70. The molecule has 1 aliphatic rings. The van der Waals surface area contributed by atoms with E-state index in [1.54, 1.807) is 0 Å². The SMILES string of the molecule is CCCCCC[C@H]1C[C@@H]([C@H](C)I)OC(=O)O1. The van der Waals surface area contributed by atoms with E-state index >= 15 is 0 Å². The van der Waals surface area contributed by atoms with Gasteiger partial charge < -0.3 is 9.47 Å². The van der Waals surface area contributed by atoms with E-state index in [0.29, 0.717) is 3.92 Å². The molecular formula is C12H21IO3. The number of carbonyl (C=O) groups is 1. The van der Waals surface area contributed by atoms with E-state index in [4.69, 9.17) is 9.47 Å². The molecule has 0 radical (unpaired) electrons. The van der Waals surface area contributed by atoms with E-state index < -0.39 is 6.16 Å². The molecule has 1 heterocycles. The van der Waals surface area contributed by atoms with Crippen LogP contribution in [0.5, 0.6) is 0 Å². The summed E-state index contributed by atoms with van der Waals surface area (Å²) in [6.45, 7) is 4.26. The molecule has 0 spiro atoms. The van der Waals surface area contributed by atoms with E-state index in [1.165, 1.54) is 19.3 Å². The number of unbranched alkanes of at least 4 members (excludes halogenated alkanes) is 3. The first-order valence-electron chi connectivity index (χ1n) is 6.14. The van der Waals surface area contributed by atoms with Gasteiger partial charge in [-0.2, -0.15) is 0 Å². The molecule has 0 bridgehead atoms. The van der Waals surface area contributed by atoms with Gasteiger partial charge in [0.1, 0.15) is 12.2 Å². The molecule has 1 saturated heterocycles. The molecule has 4 heteroatoms. The molecule has 3 nitrogen and oxygen atoms in total. The Labute approximate surface area is 111 Å². The van der Waals surface area contributed by atoms with Crippen LogP contribution in [0.4, 0.5) is 4.79 Å². The molecule has 0 aromatic carbocycles. The Bertz CT molecular complexity index is 218. The van der Waals surface area contributed by atoms with Gasteiger partial charge in [0.05, 0.1) is 0 Å². The molecule has 0 aliphatic carbocycles. The molecule has 0 amide bonds. The van der Waals surface area contributed by atoms with Gasteiger partial charge in [0, 0.05) is 10.3 Å². The number of alkyl halides is 1. The van der Waals surface area contributed by atoms with Gasteiger partial charge in [-0.1, -0.05) is 48.8 Å². The number of carbonyl (C=O) groups excluding carboxylic acids is 1. The third-order valence-electron chi connectivity index (χ3n) is 2.90. The van der Waals surface area contributed by atoms with Crippen LogP contribution < -0.4 is 0 Å². The van der Waals surface area contributed by atoms with E-state index in [-0.39, 0.29) is 12.2 Å². The molecule has 94 valence electrons. The van der Waals surface area contributed by atoms with Crippen molar-refractivity contribution in [3.63, 3.8) is 0 Å². The van der Waals surface area contributed by atoms with Crippen LogP contribution in [0.3, 0.4) is 0 Å². The first-order chi connectivity index (χ1) is 7.63. The summed E-state index contributed by atoms with van der Waals surface area (Å²) in [4.78, 5) is 11.2. The number of rotatable bonds is 6. The van der Waals surface area contributed by atoms with Crippen LogP contribution in [0.25, 0.3) is 0 Å². The zero-order valence-corrected chi connectivity index (χ0v) is 12.2. The highest BCUT2D eigenvalue weighted by atomic mass is 127. The summed E-state index contributed by atoms with van der Waals surface area (Å²) in [5, 5.41) is 0. The lowest BCUT2D eigenvalue weighted by Crippen LogP contribution is -2.38. The summed E-state index contributed by atoms with van der Waals surface area (Å²) >= 11 is 2.30. The number of hydrogen-bond acceptors (Lipinski definition) is 3. The zero-order valence-electron chi connectivity index (χ0n) is 10.1. The molecule has 0 aromatic heterocycles. The van der Waals surface area contributed by atoms with Gasteiger partial charge in [-0.25, -0.2) is 4.79 Å². The van der Waals surface area contributed by atoms with Crippen molar-refractivity contribution in [2.24, 2.45) is 0 Å². The van der Waals surface area contributed by atoms with Gasteiger partial charge in [-0.3, -0.25) is 0 Å². The molecule has 1 aliphatic heterocycles. The summed E-state index contributed by atoms with van der Waals surface area (Å²) in [5.74, 6) is 0. The molecule has 16 heavy (non-hydrogen) atoms. The molecule has 1 fully saturated rings. The van der Waals surface area contributed by atoms with Gasteiger partial charge >= 0.3 is 6.16 Å². The lowest BCUT2D eigenvalue weighted by atomic mass is 10.0. The fraction of sp³-hybridized carbons (Fsp3) is 0.917. The molecule has 3 atom stereocenters. The average Bonchev–Trinajstić information content (AvgIpc) is 2.23. The number of cyclic esters (lactones) is 2. The fourth-order valence-electron chi connectivity index (χ4n) is 1.90. The monoisotopic (exact) mass is 340 g/mol. The van der Waals surface area contributed by atoms with E-state index in [1.807, 2.05) is 0 Å². The van der Waals surface area contributed by atoms with Crippen molar-refractivity contribution in [1.82, 2.24) is 0 Å². The first-order valence-corrected chi connectivity index (χ1v) is 7.39. The van der Waals surface area contributed by atoms with Gasteiger partial charge in [0.15, 0.2) is 0 Å². The summed E-state index contributed by atoms with van der Waals surface area (Å²) < 4.78 is 10.7. The van der Waals surface area contributed by atoms with Crippen molar-refractivity contribution in [3.8, 4) is 0 Å². The van der Waals surface area contributed by atoms with Gasteiger partial charge in [-0.05, 0) is 19.8 Å². The summed E-state index contributed by atoms with van der Waals surface area (Å²) in [6, 6.07) is 0. The molecule has 0 aromatic rings. The zero-order chi connectivity index (χ0) is 12.0. The minimum Gasteiger partial charge on any atom is -0.431 e. The lowest BCUT2D eigenvalue weighted by Gasteiger charge is -2.30. The molecule has 1 rings (SSSR count). The average molecular weight is 340 g/mol. The Morgan fingerprint density at radius 1 is 1.38 bits per heavy atom. The summed E-state index contributed by atoms with van der Waals surface area (Å²) in [6.07, 6.45) is 6.32. The first kappa shape index (κ1) is 14.1. The standard InChI is InChI=1S/C12H21IO3/c1-3-4-5-6-7-10-8-11(9(2)13)16-12(14)15-10/h9-11H,3-8H2,1-2H3/t9-,10-,11-/m0/s1. The van der Waals surface area contributed by atoms with Crippen LogP contribution in [-0.4, -0.2) is 22.3 Å². The van der Waals surface area contributed by atoms with Gasteiger partial charge in [0.2, 0.25) is 0 Å². The van der Waals surface area contributed by atoms with Crippen LogP contribution in [0.2, 0.25) is 0 Å². The lowest BCUT2D eigenvalue weighted by molar-refractivity contribution is -0.0601. The second-order valence-corrected chi connectivity index (χ2v) is 6.37. The highest BCUT2D eigenvalue weighted by Crippen LogP contribution is 2.25. The van der Waals surface area contributed by atoms with Crippen molar-refractivity contribution >= 4 is 28.7 Å². The van der Waals surface area contributed by atoms with Crippen LogP contribution >= 0.6 is 22.6 Å². The van der Waals surface area contributed by atoms with Crippen LogP contribution in [0, 0.1) is 0 Å². The van der Waals surface area contributed by atoms with Crippen LogP contribution in [0.1, 0.15) is 52.4 Å². The number of ether oxygens (including phenoxy) is 2. The van der Waals surface area contributed by atoms with Gasteiger partial charge in [0.25, 0.3) is 0 Å². The van der Waals surface area contributed by atoms with Crippen molar-refractivity contribution in [2.45, 2.75) is 68.5 Å². The maximum Gasteiger partial charge on any atom is 0.508 e. The smallest absolute Gasteiger partial charge is 0.431 e. The Kier molecular flexibility index (Phi) is 6.46. The fourth-order valence-corrected chi connectivity index (χ4v) is 2.34. The minimum absolute atomic E-state index is 0.0259. The maximum atomic E-state index is 11.2. The maximum absolute atomic E-state index is 11.2. The van der Waals surface area contributed by atoms with Crippen molar-refractivity contribution in [1.29, 1.82) is 0 Å². The van der Waals surface area contributed by atoms with Crippen molar-refractivity contribution in [2.75, 3.05) is 0 Å². The molecule has 0 saturated carbocycles. The Hall–Kier alpha value is 0. The highest BCUT2D eigenvalue weighted by Gasteiger charge is 2.31. The largest absolute Gasteiger partial charge is 0.508 e. The normalized spacial score (nSPS) is 27.1. The third kappa shape index (κ3) is 4.89. The van der Waals surface area contributed by atoms with Crippen LogP contribution in [0.15, 0.2) is 0 Å².